The molecule has 2 N–H and O–H groups in total. The van der Waals surface area contributed by atoms with Crippen LogP contribution in [0.5, 0.6) is 5.75 Å². The number of hydrogen-bond acceptors (Lipinski definition) is 3. The minimum absolute atomic E-state index is 0.0853. The van der Waals surface area contributed by atoms with Crippen LogP contribution >= 0.6 is 0 Å². The van der Waals surface area contributed by atoms with Crippen molar-refractivity contribution >= 4 is 17.5 Å². The van der Waals surface area contributed by atoms with Gasteiger partial charge in [-0.25, -0.2) is 0 Å². The summed E-state index contributed by atoms with van der Waals surface area (Å²) in [5.74, 6) is -0.578. The lowest BCUT2D eigenvalue weighted by atomic mass is 10.1. The van der Waals surface area contributed by atoms with Crippen molar-refractivity contribution < 1.29 is 14.3 Å². The molecule has 132 valence electrons. The van der Waals surface area contributed by atoms with Gasteiger partial charge in [0.05, 0.1) is 6.10 Å². The fraction of sp³-hybridized carbons (Fsp3) is 0.300. The van der Waals surface area contributed by atoms with Crippen LogP contribution in [0.15, 0.2) is 54.6 Å². The third-order valence-corrected chi connectivity index (χ3v) is 3.46. The Kier molecular flexibility index (Phi) is 7.01. The first-order chi connectivity index (χ1) is 12.0. The van der Waals surface area contributed by atoms with Gasteiger partial charge in [0.15, 0.2) is 0 Å². The molecule has 0 aliphatic heterocycles. The number of hydrogen-bond donors (Lipinski definition) is 2. The molecule has 0 atom stereocenters. The van der Waals surface area contributed by atoms with Gasteiger partial charge in [0.2, 0.25) is 0 Å². The van der Waals surface area contributed by atoms with E-state index < -0.39 is 11.8 Å². The van der Waals surface area contributed by atoms with Crippen molar-refractivity contribution in [3.63, 3.8) is 0 Å². The van der Waals surface area contributed by atoms with Crippen molar-refractivity contribution in [2.24, 2.45) is 0 Å². The van der Waals surface area contributed by atoms with Gasteiger partial charge < -0.3 is 15.4 Å². The van der Waals surface area contributed by atoms with Gasteiger partial charge in [-0.2, -0.15) is 0 Å². The number of amides is 2. The van der Waals surface area contributed by atoms with Crippen LogP contribution in [0.2, 0.25) is 0 Å². The van der Waals surface area contributed by atoms with Crippen molar-refractivity contribution in [1.82, 2.24) is 5.32 Å². The topological polar surface area (TPSA) is 67.4 Å². The molecule has 0 bridgehead atoms. The Labute approximate surface area is 148 Å². The lowest BCUT2D eigenvalue weighted by Crippen LogP contribution is -2.36. The molecule has 0 saturated heterocycles. The van der Waals surface area contributed by atoms with Crippen molar-refractivity contribution in [2.45, 2.75) is 32.8 Å². The maximum Gasteiger partial charge on any atom is 0.313 e. The third kappa shape index (κ3) is 6.67. The fourth-order valence-corrected chi connectivity index (χ4v) is 2.30. The SMILES string of the molecule is CC(C)Oc1ccc(NC(=O)C(=O)NCCCc2ccccc2)cc1. The second-order valence-electron chi connectivity index (χ2n) is 5.99. The third-order valence-electron chi connectivity index (χ3n) is 3.46. The number of nitrogens with one attached hydrogen (secondary N) is 2. The molecule has 0 heterocycles. The average molecular weight is 340 g/mol. The number of benzene rings is 2. The molecule has 25 heavy (non-hydrogen) atoms. The second-order valence-corrected chi connectivity index (χ2v) is 5.99. The van der Waals surface area contributed by atoms with E-state index in [4.69, 9.17) is 4.74 Å². The number of ether oxygens (including phenoxy) is 1. The highest BCUT2D eigenvalue weighted by Crippen LogP contribution is 2.16. The molecule has 0 fully saturated rings. The van der Waals surface area contributed by atoms with Gasteiger partial charge in [0.1, 0.15) is 5.75 Å². The Morgan fingerprint density at radius 2 is 1.64 bits per heavy atom. The van der Waals surface area contributed by atoms with Gasteiger partial charge in [0, 0.05) is 12.2 Å². The molecule has 2 aromatic rings. The lowest BCUT2D eigenvalue weighted by Gasteiger charge is -2.10. The summed E-state index contributed by atoms with van der Waals surface area (Å²) < 4.78 is 5.53. The normalized spacial score (nSPS) is 10.4. The van der Waals surface area contributed by atoms with Crippen LogP contribution in [0, 0.1) is 0 Å². The van der Waals surface area contributed by atoms with Crippen molar-refractivity contribution in [2.75, 3.05) is 11.9 Å². The molecule has 2 aromatic carbocycles. The molecule has 0 radical (unpaired) electrons. The summed E-state index contributed by atoms with van der Waals surface area (Å²) in [6.45, 7) is 4.35. The second kappa shape index (κ2) is 9.47. The summed E-state index contributed by atoms with van der Waals surface area (Å²) in [6.07, 6.45) is 1.73. The van der Waals surface area contributed by atoms with E-state index >= 15 is 0 Å². The fourth-order valence-electron chi connectivity index (χ4n) is 2.30. The largest absolute Gasteiger partial charge is 0.491 e. The Balaban J connectivity index is 1.71. The molecule has 0 unspecified atom stereocenters. The van der Waals surface area contributed by atoms with E-state index in [1.54, 1.807) is 24.3 Å². The maximum atomic E-state index is 11.9. The van der Waals surface area contributed by atoms with Gasteiger partial charge >= 0.3 is 11.8 Å². The standard InChI is InChI=1S/C20H24N2O3/c1-15(2)25-18-12-10-17(11-13-18)22-20(24)19(23)21-14-6-9-16-7-4-3-5-8-16/h3-5,7-8,10-13,15H,6,9,14H2,1-2H3,(H,21,23)(H,22,24). The first-order valence-corrected chi connectivity index (χ1v) is 8.44. The molecule has 5 heteroatoms. The number of carbonyl (C=O) groups excluding carboxylic acids is 2. The number of anilines is 1. The van der Waals surface area contributed by atoms with E-state index in [9.17, 15) is 9.59 Å². The van der Waals surface area contributed by atoms with Crippen LogP contribution in [0.1, 0.15) is 25.8 Å². The molecule has 0 spiro atoms. The zero-order valence-electron chi connectivity index (χ0n) is 14.6. The van der Waals surface area contributed by atoms with Crippen LogP contribution in [-0.4, -0.2) is 24.5 Å². The Bertz CT molecular complexity index is 682. The minimum atomic E-state index is -0.669. The first kappa shape index (κ1) is 18.5. The molecule has 0 saturated carbocycles. The van der Waals surface area contributed by atoms with E-state index in [-0.39, 0.29) is 6.10 Å². The summed E-state index contributed by atoms with van der Waals surface area (Å²) in [6, 6.07) is 17.0. The predicted octanol–water partition coefficient (Wildman–Crippen LogP) is 3.16. The highest BCUT2D eigenvalue weighted by molar-refractivity contribution is 6.39. The van der Waals surface area contributed by atoms with Crippen LogP contribution in [-0.2, 0) is 16.0 Å². The summed E-state index contributed by atoms with van der Waals surface area (Å²) in [5, 5.41) is 5.21. The van der Waals surface area contributed by atoms with Crippen molar-refractivity contribution in [3.8, 4) is 5.75 Å². The van der Waals surface area contributed by atoms with Gasteiger partial charge in [0.25, 0.3) is 0 Å². The van der Waals surface area contributed by atoms with E-state index in [2.05, 4.69) is 10.6 Å². The predicted molar refractivity (Wildman–Crippen MR) is 98.6 cm³/mol. The Hall–Kier alpha value is -2.82. The Morgan fingerprint density at radius 1 is 0.960 bits per heavy atom. The molecule has 2 amide bonds. The number of rotatable bonds is 7. The molecule has 0 aliphatic rings. The van der Waals surface area contributed by atoms with Gasteiger partial charge in [-0.3, -0.25) is 9.59 Å². The monoisotopic (exact) mass is 340 g/mol. The average Bonchev–Trinajstić information content (AvgIpc) is 2.60. The van der Waals surface area contributed by atoms with Gasteiger partial charge in [-0.15, -0.1) is 0 Å². The van der Waals surface area contributed by atoms with Crippen LogP contribution in [0.3, 0.4) is 0 Å². The Morgan fingerprint density at radius 3 is 2.28 bits per heavy atom. The quantitative estimate of drug-likeness (QED) is 0.601. The molecule has 5 nitrogen and oxygen atoms in total. The van der Waals surface area contributed by atoms with E-state index in [1.807, 2.05) is 44.2 Å². The van der Waals surface area contributed by atoms with Crippen LogP contribution in [0.4, 0.5) is 5.69 Å². The molecular formula is C20H24N2O3. The molecule has 0 aromatic heterocycles. The molecular weight excluding hydrogens is 316 g/mol. The zero-order valence-corrected chi connectivity index (χ0v) is 14.6. The van der Waals surface area contributed by atoms with Crippen LogP contribution < -0.4 is 15.4 Å². The van der Waals surface area contributed by atoms with E-state index in [0.29, 0.717) is 12.2 Å². The van der Waals surface area contributed by atoms with E-state index in [0.717, 1.165) is 18.6 Å². The summed E-state index contributed by atoms with van der Waals surface area (Å²) in [5.41, 5.74) is 1.77. The summed E-state index contributed by atoms with van der Waals surface area (Å²) in [4.78, 5) is 23.7. The highest BCUT2D eigenvalue weighted by atomic mass is 16.5. The molecule has 2 rings (SSSR count). The van der Waals surface area contributed by atoms with E-state index in [1.165, 1.54) is 5.56 Å². The maximum absolute atomic E-state index is 11.9. The summed E-state index contributed by atoms with van der Waals surface area (Å²) >= 11 is 0. The first-order valence-electron chi connectivity index (χ1n) is 8.44. The smallest absolute Gasteiger partial charge is 0.313 e. The van der Waals surface area contributed by atoms with Crippen molar-refractivity contribution in [1.29, 1.82) is 0 Å². The lowest BCUT2D eigenvalue weighted by molar-refractivity contribution is -0.136. The number of aryl methyl sites for hydroxylation is 1. The summed E-state index contributed by atoms with van der Waals surface area (Å²) in [7, 11) is 0. The minimum Gasteiger partial charge on any atom is -0.491 e. The van der Waals surface area contributed by atoms with Gasteiger partial charge in [-0.05, 0) is 56.5 Å². The highest BCUT2D eigenvalue weighted by Gasteiger charge is 2.13. The van der Waals surface area contributed by atoms with Crippen molar-refractivity contribution in [3.05, 3.63) is 60.2 Å². The number of carbonyl (C=O) groups is 2. The van der Waals surface area contributed by atoms with Gasteiger partial charge in [-0.1, -0.05) is 30.3 Å². The van der Waals surface area contributed by atoms with Crippen LogP contribution in [0.25, 0.3) is 0 Å². The zero-order chi connectivity index (χ0) is 18.1. The molecule has 0 aliphatic carbocycles.